The SMILES string of the molecule is CCNC1CCN(CC)CC1. The summed E-state index contributed by atoms with van der Waals surface area (Å²) in [6, 6.07) is 0.794. The molecule has 2 heteroatoms. The van der Waals surface area contributed by atoms with E-state index in [1.807, 2.05) is 0 Å². The van der Waals surface area contributed by atoms with Crippen LogP contribution in [-0.2, 0) is 0 Å². The number of nitrogens with one attached hydrogen (secondary N) is 1. The zero-order chi connectivity index (χ0) is 8.10. The van der Waals surface area contributed by atoms with Gasteiger partial charge in [0.15, 0.2) is 0 Å². The molecule has 66 valence electrons. The second-order valence-electron chi connectivity index (χ2n) is 3.27. The Balaban J connectivity index is 2.14. The molecule has 0 aromatic carbocycles. The van der Waals surface area contributed by atoms with Gasteiger partial charge in [0.05, 0.1) is 0 Å². The summed E-state index contributed by atoms with van der Waals surface area (Å²) in [5.74, 6) is 0. The quantitative estimate of drug-likeness (QED) is 0.658. The Morgan fingerprint density at radius 2 is 1.91 bits per heavy atom. The Kier molecular flexibility index (Phi) is 3.87. The Morgan fingerprint density at radius 3 is 2.36 bits per heavy atom. The maximum atomic E-state index is 3.50. The molecule has 1 aliphatic heterocycles. The molecule has 1 fully saturated rings. The molecule has 1 N–H and O–H groups in total. The van der Waals surface area contributed by atoms with Gasteiger partial charge in [-0.1, -0.05) is 13.8 Å². The molecule has 0 aromatic rings. The summed E-state index contributed by atoms with van der Waals surface area (Å²) in [7, 11) is 0. The first kappa shape index (κ1) is 9.01. The standard InChI is InChI=1S/C9H20N2/c1-3-10-9-5-7-11(4-2)8-6-9/h9-10H,3-8H2,1-2H3. The lowest BCUT2D eigenvalue weighted by Gasteiger charge is -2.31. The number of hydrogen-bond acceptors (Lipinski definition) is 2. The minimum atomic E-state index is 0.794. The van der Waals surface area contributed by atoms with Crippen molar-refractivity contribution in [2.45, 2.75) is 32.7 Å². The molecule has 0 aromatic heterocycles. The van der Waals surface area contributed by atoms with Crippen LogP contribution in [0.2, 0.25) is 0 Å². The van der Waals surface area contributed by atoms with Crippen LogP contribution in [0, 0.1) is 0 Å². The Morgan fingerprint density at radius 1 is 1.27 bits per heavy atom. The molecule has 0 unspecified atom stereocenters. The fraction of sp³-hybridized carbons (Fsp3) is 1.00. The second-order valence-corrected chi connectivity index (χ2v) is 3.27. The topological polar surface area (TPSA) is 15.3 Å². The van der Waals surface area contributed by atoms with Gasteiger partial charge in [-0.25, -0.2) is 0 Å². The molecule has 11 heavy (non-hydrogen) atoms. The predicted octanol–water partition coefficient (Wildman–Crippen LogP) is 1.08. The summed E-state index contributed by atoms with van der Waals surface area (Å²) in [6.45, 7) is 9.34. The average Bonchev–Trinajstić information content (AvgIpc) is 2.07. The largest absolute Gasteiger partial charge is 0.314 e. The molecule has 1 rings (SSSR count). The second kappa shape index (κ2) is 4.73. The first-order valence-corrected chi connectivity index (χ1v) is 4.82. The fourth-order valence-electron chi connectivity index (χ4n) is 1.74. The lowest BCUT2D eigenvalue weighted by molar-refractivity contribution is 0.208. The minimum Gasteiger partial charge on any atom is -0.314 e. The van der Waals surface area contributed by atoms with Crippen molar-refractivity contribution in [1.29, 1.82) is 0 Å². The molecule has 0 bridgehead atoms. The monoisotopic (exact) mass is 156 g/mol. The maximum Gasteiger partial charge on any atom is 0.00912 e. The third kappa shape index (κ3) is 2.80. The van der Waals surface area contributed by atoms with Crippen LogP contribution in [0.15, 0.2) is 0 Å². The lowest BCUT2D eigenvalue weighted by Crippen LogP contribution is -2.42. The van der Waals surface area contributed by atoms with Crippen molar-refractivity contribution in [3.8, 4) is 0 Å². The van der Waals surface area contributed by atoms with E-state index >= 15 is 0 Å². The molecule has 1 aliphatic rings. The maximum absolute atomic E-state index is 3.50. The molecule has 0 spiro atoms. The van der Waals surface area contributed by atoms with E-state index in [0.29, 0.717) is 0 Å². The highest BCUT2D eigenvalue weighted by Crippen LogP contribution is 2.08. The average molecular weight is 156 g/mol. The first-order chi connectivity index (χ1) is 5.36. The van der Waals surface area contributed by atoms with Crippen molar-refractivity contribution >= 4 is 0 Å². The van der Waals surface area contributed by atoms with Gasteiger partial charge in [-0.15, -0.1) is 0 Å². The van der Waals surface area contributed by atoms with Gasteiger partial charge in [-0.05, 0) is 39.0 Å². The third-order valence-corrected chi connectivity index (χ3v) is 2.53. The van der Waals surface area contributed by atoms with Gasteiger partial charge in [-0.2, -0.15) is 0 Å². The molecular weight excluding hydrogens is 136 g/mol. The van der Waals surface area contributed by atoms with Crippen LogP contribution in [-0.4, -0.2) is 37.1 Å². The highest BCUT2D eigenvalue weighted by molar-refractivity contribution is 4.75. The molecule has 2 nitrogen and oxygen atoms in total. The van der Waals surface area contributed by atoms with Crippen LogP contribution in [0.4, 0.5) is 0 Å². The zero-order valence-corrected chi connectivity index (χ0v) is 7.77. The van der Waals surface area contributed by atoms with Gasteiger partial charge in [0.1, 0.15) is 0 Å². The summed E-state index contributed by atoms with van der Waals surface area (Å²) in [4.78, 5) is 2.52. The molecule has 0 atom stereocenters. The molecule has 0 aliphatic carbocycles. The summed E-state index contributed by atoms with van der Waals surface area (Å²) < 4.78 is 0. The predicted molar refractivity (Wildman–Crippen MR) is 48.8 cm³/mol. The number of rotatable bonds is 3. The molecule has 0 radical (unpaired) electrons. The molecule has 0 saturated carbocycles. The molecule has 0 amide bonds. The lowest BCUT2D eigenvalue weighted by atomic mass is 10.1. The van der Waals surface area contributed by atoms with Crippen molar-refractivity contribution in [2.75, 3.05) is 26.2 Å². The third-order valence-electron chi connectivity index (χ3n) is 2.53. The summed E-state index contributed by atoms with van der Waals surface area (Å²) >= 11 is 0. The van der Waals surface area contributed by atoms with E-state index in [9.17, 15) is 0 Å². The van der Waals surface area contributed by atoms with E-state index in [-0.39, 0.29) is 0 Å². The van der Waals surface area contributed by atoms with Gasteiger partial charge in [0, 0.05) is 6.04 Å². The van der Waals surface area contributed by atoms with E-state index in [1.54, 1.807) is 0 Å². The minimum absolute atomic E-state index is 0.794. The highest BCUT2D eigenvalue weighted by atomic mass is 15.1. The summed E-state index contributed by atoms with van der Waals surface area (Å²) in [5.41, 5.74) is 0. The van der Waals surface area contributed by atoms with Crippen molar-refractivity contribution in [1.82, 2.24) is 10.2 Å². The van der Waals surface area contributed by atoms with Gasteiger partial charge >= 0.3 is 0 Å². The van der Waals surface area contributed by atoms with Crippen LogP contribution in [0.5, 0.6) is 0 Å². The summed E-state index contributed by atoms with van der Waals surface area (Å²) in [6.07, 6.45) is 2.67. The zero-order valence-electron chi connectivity index (χ0n) is 7.77. The summed E-state index contributed by atoms with van der Waals surface area (Å²) in [5, 5.41) is 3.50. The first-order valence-electron chi connectivity index (χ1n) is 4.82. The van der Waals surface area contributed by atoms with Gasteiger partial charge in [0.2, 0.25) is 0 Å². The van der Waals surface area contributed by atoms with E-state index < -0.39 is 0 Å². The number of nitrogens with zero attached hydrogens (tertiary/aromatic N) is 1. The smallest absolute Gasteiger partial charge is 0.00912 e. The highest BCUT2D eigenvalue weighted by Gasteiger charge is 2.15. The van der Waals surface area contributed by atoms with Crippen LogP contribution < -0.4 is 5.32 Å². The van der Waals surface area contributed by atoms with Crippen molar-refractivity contribution in [3.05, 3.63) is 0 Å². The van der Waals surface area contributed by atoms with Crippen molar-refractivity contribution in [2.24, 2.45) is 0 Å². The van der Waals surface area contributed by atoms with Gasteiger partial charge < -0.3 is 10.2 Å². The van der Waals surface area contributed by atoms with Crippen LogP contribution in [0.25, 0.3) is 0 Å². The fourth-order valence-corrected chi connectivity index (χ4v) is 1.74. The van der Waals surface area contributed by atoms with E-state index in [2.05, 4.69) is 24.1 Å². The number of hydrogen-bond donors (Lipinski definition) is 1. The van der Waals surface area contributed by atoms with Gasteiger partial charge in [-0.3, -0.25) is 0 Å². The van der Waals surface area contributed by atoms with Crippen LogP contribution >= 0.6 is 0 Å². The molecule has 1 heterocycles. The van der Waals surface area contributed by atoms with E-state index in [4.69, 9.17) is 0 Å². The van der Waals surface area contributed by atoms with E-state index in [1.165, 1.54) is 32.5 Å². The Hall–Kier alpha value is -0.0800. The number of likely N-dealkylation sites (tertiary alicyclic amines) is 1. The van der Waals surface area contributed by atoms with Crippen molar-refractivity contribution in [3.63, 3.8) is 0 Å². The molecular formula is C9H20N2. The Bertz CT molecular complexity index is 95.7. The van der Waals surface area contributed by atoms with E-state index in [0.717, 1.165) is 12.6 Å². The normalized spacial score (nSPS) is 22.4. The Labute approximate surface area is 70.0 Å². The van der Waals surface area contributed by atoms with Crippen LogP contribution in [0.1, 0.15) is 26.7 Å². The van der Waals surface area contributed by atoms with Crippen molar-refractivity contribution < 1.29 is 0 Å². The molecule has 1 saturated heterocycles. The van der Waals surface area contributed by atoms with Crippen LogP contribution in [0.3, 0.4) is 0 Å². The van der Waals surface area contributed by atoms with Gasteiger partial charge in [0.25, 0.3) is 0 Å². The number of piperidine rings is 1.